The van der Waals surface area contributed by atoms with Gasteiger partial charge in [0.25, 0.3) is 0 Å². The highest BCUT2D eigenvalue weighted by atomic mass is 35.5. The van der Waals surface area contributed by atoms with Gasteiger partial charge in [-0.15, -0.1) is 24.8 Å². The van der Waals surface area contributed by atoms with Crippen LogP contribution in [0.5, 0.6) is 0 Å². The van der Waals surface area contributed by atoms with Gasteiger partial charge in [0.05, 0.1) is 12.7 Å². The fourth-order valence-electron chi connectivity index (χ4n) is 2.40. The summed E-state index contributed by atoms with van der Waals surface area (Å²) in [6, 6.07) is 11.3. The molecule has 0 radical (unpaired) electrons. The Morgan fingerprint density at radius 2 is 1.83 bits per heavy atom. The lowest BCUT2D eigenvalue weighted by atomic mass is 10.0. The number of nitrogens with zero attached hydrogens (tertiary/aromatic N) is 1. The molecule has 2 fully saturated rings. The first-order valence-corrected chi connectivity index (χ1v) is 6.05. The predicted octanol–water partition coefficient (Wildman–Crippen LogP) is 1.88. The van der Waals surface area contributed by atoms with Crippen LogP contribution in [0.2, 0.25) is 0 Å². The van der Waals surface area contributed by atoms with Gasteiger partial charge in [-0.25, -0.2) is 0 Å². The third-order valence-electron chi connectivity index (χ3n) is 3.55. The van der Waals surface area contributed by atoms with Gasteiger partial charge >= 0.3 is 0 Å². The fourth-order valence-corrected chi connectivity index (χ4v) is 2.40. The number of ether oxygens (including phenoxy) is 1. The van der Waals surface area contributed by atoms with Crippen LogP contribution in [0.1, 0.15) is 11.7 Å². The molecule has 1 unspecified atom stereocenters. The number of nitrogens with one attached hydrogen (secondary N) is 1. The lowest BCUT2D eigenvalue weighted by Crippen LogP contribution is -2.59. The van der Waals surface area contributed by atoms with Crippen molar-refractivity contribution in [2.75, 3.05) is 32.8 Å². The second-order valence-corrected chi connectivity index (χ2v) is 4.58. The zero-order valence-corrected chi connectivity index (χ0v) is 11.9. The summed E-state index contributed by atoms with van der Waals surface area (Å²) in [6.45, 7) is 5.26. The van der Waals surface area contributed by atoms with E-state index in [0.717, 1.165) is 38.8 Å². The summed E-state index contributed by atoms with van der Waals surface area (Å²) in [6.07, 6.45) is 0.260. The molecule has 1 aromatic carbocycles. The standard InChI is InChI=1S/C13H18N2O.2ClH/c1-2-4-11(5-3-1)13-10-15(6-7-16-13)12-8-14-9-12;;/h1-5,12-14H,6-10H2;2*1H. The Bertz CT molecular complexity index is 346. The van der Waals surface area contributed by atoms with Gasteiger partial charge in [0.15, 0.2) is 0 Å². The summed E-state index contributed by atoms with van der Waals surface area (Å²) >= 11 is 0. The molecule has 1 atom stereocenters. The van der Waals surface area contributed by atoms with Crippen LogP contribution in [-0.2, 0) is 4.74 Å². The van der Waals surface area contributed by atoms with Gasteiger partial charge in [-0.05, 0) is 5.56 Å². The molecule has 2 heterocycles. The molecule has 0 aliphatic carbocycles. The fraction of sp³-hybridized carbons (Fsp3) is 0.538. The number of hydrogen-bond acceptors (Lipinski definition) is 3. The van der Waals surface area contributed by atoms with E-state index >= 15 is 0 Å². The number of halogens is 2. The molecule has 0 saturated carbocycles. The Kier molecular flexibility index (Phi) is 6.39. The van der Waals surface area contributed by atoms with E-state index in [2.05, 4.69) is 40.5 Å². The van der Waals surface area contributed by atoms with Crippen molar-refractivity contribution in [2.24, 2.45) is 0 Å². The molecule has 3 nitrogen and oxygen atoms in total. The third kappa shape index (κ3) is 3.37. The van der Waals surface area contributed by atoms with Crippen molar-refractivity contribution >= 4 is 24.8 Å². The van der Waals surface area contributed by atoms with Crippen molar-refractivity contribution in [3.05, 3.63) is 35.9 Å². The van der Waals surface area contributed by atoms with Crippen molar-refractivity contribution < 1.29 is 4.74 Å². The second kappa shape index (κ2) is 7.31. The van der Waals surface area contributed by atoms with Crippen molar-refractivity contribution in [2.45, 2.75) is 12.1 Å². The lowest BCUT2D eigenvalue weighted by molar-refractivity contribution is -0.0521. The van der Waals surface area contributed by atoms with Gasteiger partial charge in [-0.1, -0.05) is 30.3 Å². The molecule has 0 bridgehead atoms. The van der Waals surface area contributed by atoms with Gasteiger partial charge in [-0.3, -0.25) is 4.90 Å². The Hall–Kier alpha value is -0.320. The van der Waals surface area contributed by atoms with Gasteiger partial charge in [0.1, 0.15) is 0 Å². The van der Waals surface area contributed by atoms with E-state index in [1.165, 1.54) is 5.56 Å². The maximum Gasteiger partial charge on any atom is 0.0952 e. The summed E-state index contributed by atoms with van der Waals surface area (Å²) in [4.78, 5) is 2.55. The van der Waals surface area contributed by atoms with Crippen LogP contribution in [-0.4, -0.2) is 43.7 Å². The molecule has 0 amide bonds. The first-order chi connectivity index (χ1) is 7.93. The molecule has 2 aliphatic rings. The quantitative estimate of drug-likeness (QED) is 0.900. The summed E-state index contributed by atoms with van der Waals surface area (Å²) in [5.74, 6) is 0. The van der Waals surface area contributed by atoms with E-state index in [-0.39, 0.29) is 30.9 Å². The maximum absolute atomic E-state index is 5.85. The van der Waals surface area contributed by atoms with Crippen LogP contribution in [0, 0.1) is 0 Å². The van der Waals surface area contributed by atoms with Crippen molar-refractivity contribution in [3.8, 4) is 0 Å². The van der Waals surface area contributed by atoms with Crippen LogP contribution in [0.15, 0.2) is 30.3 Å². The average Bonchev–Trinajstić information content (AvgIpc) is 2.28. The van der Waals surface area contributed by atoms with Crippen LogP contribution in [0.4, 0.5) is 0 Å². The smallest absolute Gasteiger partial charge is 0.0952 e. The Morgan fingerprint density at radius 1 is 1.11 bits per heavy atom. The molecule has 2 saturated heterocycles. The monoisotopic (exact) mass is 290 g/mol. The van der Waals surface area contributed by atoms with E-state index in [0.29, 0.717) is 0 Å². The molecule has 3 rings (SSSR count). The first-order valence-electron chi connectivity index (χ1n) is 6.05. The van der Waals surface area contributed by atoms with Crippen LogP contribution >= 0.6 is 24.8 Å². The van der Waals surface area contributed by atoms with Gasteiger partial charge in [0.2, 0.25) is 0 Å². The van der Waals surface area contributed by atoms with Crippen LogP contribution < -0.4 is 5.32 Å². The van der Waals surface area contributed by atoms with Gasteiger partial charge < -0.3 is 10.1 Å². The topological polar surface area (TPSA) is 24.5 Å². The molecule has 102 valence electrons. The van der Waals surface area contributed by atoms with Crippen molar-refractivity contribution in [1.82, 2.24) is 10.2 Å². The van der Waals surface area contributed by atoms with Crippen molar-refractivity contribution in [1.29, 1.82) is 0 Å². The molecular weight excluding hydrogens is 271 g/mol. The molecule has 1 aromatic rings. The zero-order chi connectivity index (χ0) is 10.8. The highest BCUT2D eigenvalue weighted by Gasteiger charge is 2.30. The Labute approximate surface area is 121 Å². The number of morpholine rings is 1. The number of hydrogen-bond donors (Lipinski definition) is 1. The summed E-state index contributed by atoms with van der Waals surface area (Å²) in [7, 11) is 0. The highest BCUT2D eigenvalue weighted by molar-refractivity contribution is 5.85. The molecule has 0 spiro atoms. The van der Waals surface area contributed by atoms with E-state index in [1.807, 2.05) is 0 Å². The summed E-state index contributed by atoms with van der Waals surface area (Å²) in [5.41, 5.74) is 1.31. The molecule has 1 N–H and O–H groups in total. The minimum Gasteiger partial charge on any atom is -0.371 e. The van der Waals surface area contributed by atoms with Crippen LogP contribution in [0.3, 0.4) is 0 Å². The van der Waals surface area contributed by atoms with Crippen LogP contribution in [0.25, 0.3) is 0 Å². The van der Waals surface area contributed by atoms with Gasteiger partial charge in [0, 0.05) is 32.2 Å². The molecule has 0 aromatic heterocycles. The number of benzene rings is 1. The third-order valence-corrected chi connectivity index (χ3v) is 3.55. The van der Waals surface area contributed by atoms with E-state index in [1.54, 1.807) is 0 Å². The molecular formula is C13H20Cl2N2O. The molecule has 18 heavy (non-hydrogen) atoms. The zero-order valence-electron chi connectivity index (χ0n) is 10.2. The second-order valence-electron chi connectivity index (χ2n) is 4.58. The summed E-state index contributed by atoms with van der Waals surface area (Å²) in [5, 5.41) is 3.33. The van der Waals surface area contributed by atoms with E-state index < -0.39 is 0 Å². The van der Waals surface area contributed by atoms with E-state index in [9.17, 15) is 0 Å². The number of rotatable bonds is 2. The van der Waals surface area contributed by atoms with E-state index in [4.69, 9.17) is 4.74 Å². The minimum atomic E-state index is 0. The normalized spacial score (nSPS) is 24.6. The Balaban J connectivity index is 0.000000810. The SMILES string of the molecule is Cl.Cl.c1ccc(C2CN(C3CNC3)CCO2)cc1. The average molecular weight is 291 g/mol. The largest absolute Gasteiger partial charge is 0.371 e. The van der Waals surface area contributed by atoms with Gasteiger partial charge in [-0.2, -0.15) is 0 Å². The molecule has 2 aliphatic heterocycles. The first kappa shape index (κ1) is 15.7. The lowest BCUT2D eigenvalue weighted by Gasteiger charge is -2.42. The van der Waals surface area contributed by atoms with Crippen molar-refractivity contribution in [3.63, 3.8) is 0 Å². The Morgan fingerprint density at radius 3 is 2.44 bits per heavy atom. The predicted molar refractivity (Wildman–Crippen MR) is 77.9 cm³/mol. The minimum absolute atomic E-state index is 0. The highest BCUT2D eigenvalue weighted by Crippen LogP contribution is 2.23. The summed E-state index contributed by atoms with van der Waals surface area (Å²) < 4.78 is 5.85. The maximum atomic E-state index is 5.85. The molecule has 5 heteroatoms.